The monoisotopic (exact) mass is 228 g/mol. The van der Waals surface area contributed by atoms with E-state index < -0.39 is 23.5 Å². The number of aliphatic hydroxyl groups excluding tert-OH is 1. The average molecular weight is 228 g/mol. The van der Waals surface area contributed by atoms with Crippen molar-refractivity contribution in [1.29, 1.82) is 0 Å². The lowest BCUT2D eigenvalue weighted by Crippen LogP contribution is -2.47. The second-order valence-electron chi connectivity index (χ2n) is 4.53. The molecular weight excluding hydrogens is 214 g/mol. The van der Waals surface area contributed by atoms with Crippen LogP contribution in [0.5, 0.6) is 0 Å². The first kappa shape index (κ1) is 11.5. The Balaban J connectivity index is 2.70. The average Bonchev–Trinajstić information content (AvgIpc) is 2.40. The van der Waals surface area contributed by atoms with Gasteiger partial charge >= 0.3 is 5.92 Å². The number of halogens is 2. The predicted octanol–water partition coefficient (Wildman–Crippen LogP) is 2.21. The molecule has 88 valence electrons. The molecule has 0 heterocycles. The Hall–Kier alpha value is -1.00. The zero-order valence-corrected chi connectivity index (χ0v) is 9.11. The fraction of sp³-hybridized carbons (Fsp3) is 0.500. The summed E-state index contributed by atoms with van der Waals surface area (Å²) < 4.78 is 27.9. The first-order chi connectivity index (χ1) is 7.33. The maximum atomic E-state index is 13.9. The molecule has 16 heavy (non-hydrogen) atoms. The standard InChI is InChI=1S/C12H14F2O2/c1-7(2)11(16)9-6-4-3-5-8(9)10(15)12(11,13)14/h3-7,10,15-16H,1-2H3/t10-,11+/m0/s1. The van der Waals surface area contributed by atoms with Crippen LogP contribution in [-0.2, 0) is 5.60 Å². The smallest absolute Gasteiger partial charge is 0.309 e. The Labute approximate surface area is 92.5 Å². The second-order valence-corrected chi connectivity index (χ2v) is 4.53. The van der Waals surface area contributed by atoms with E-state index in [1.165, 1.54) is 26.0 Å². The molecule has 4 heteroatoms. The molecule has 0 saturated heterocycles. The van der Waals surface area contributed by atoms with Gasteiger partial charge in [0, 0.05) is 0 Å². The highest BCUT2D eigenvalue weighted by Crippen LogP contribution is 2.57. The van der Waals surface area contributed by atoms with Crippen LogP contribution in [0.25, 0.3) is 0 Å². The van der Waals surface area contributed by atoms with Crippen LogP contribution in [0.1, 0.15) is 31.1 Å². The van der Waals surface area contributed by atoms with Gasteiger partial charge in [0.15, 0.2) is 5.60 Å². The summed E-state index contributed by atoms with van der Waals surface area (Å²) in [5.74, 6) is -4.23. The molecule has 2 N–H and O–H groups in total. The van der Waals surface area contributed by atoms with E-state index in [2.05, 4.69) is 0 Å². The summed E-state index contributed by atoms with van der Waals surface area (Å²) >= 11 is 0. The highest BCUT2D eigenvalue weighted by atomic mass is 19.3. The van der Waals surface area contributed by atoms with E-state index in [-0.39, 0.29) is 11.1 Å². The van der Waals surface area contributed by atoms with Gasteiger partial charge in [-0.2, -0.15) is 8.78 Å². The molecule has 0 aromatic heterocycles. The SMILES string of the molecule is CC(C)[C@@]1(O)c2ccccc2[C@H](O)C1(F)F. The van der Waals surface area contributed by atoms with Crippen molar-refractivity contribution in [2.45, 2.75) is 31.5 Å². The maximum absolute atomic E-state index is 13.9. The molecule has 0 aliphatic heterocycles. The molecule has 0 fully saturated rings. The van der Waals surface area contributed by atoms with Crippen LogP contribution in [0.4, 0.5) is 8.78 Å². The number of benzene rings is 1. The molecule has 2 nitrogen and oxygen atoms in total. The van der Waals surface area contributed by atoms with Gasteiger partial charge in [-0.25, -0.2) is 0 Å². The molecule has 1 aromatic carbocycles. The summed E-state index contributed by atoms with van der Waals surface area (Å²) in [6.07, 6.45) is -1.93. The van der Waals surface area contributed by atoms with Gasteiger partial charge < -0.3 is 10.2 Å². The lowest BCUT2D eigenvalue weighted by Gasteiger charge is -2.35. The molecule has 0 unspecified atom stereocenters. The van der Waals surface area contributed by atoms with Crippen LogP contribution < -0.4 is 0 Å². The molecule has 0 amide bonds. The zero-order chi connectivity index (χ0) is 12.1. The van der Waals surface area contributed by atoms with Gasteiger partial charge in [-0.05, 0) is 17.0 Å². The minimum absolute atomic E-state index is 0.115. The van der Waals surface area contributed by atoms with Crippen LogP contribution in [-0.4, -0.2) is 16.1 Å². The van der Waals surface area contributed by atoms with Crippen molar-refractivity contribution in [2.75, 3.05) is 0 Å². The third kappa shape index (κ3) is 1.11. The maximum Gasteiger partial charge on any atom is 0.309 e. The van der Waals surface area contributed by atoms with Crippen molar-refractivity contribution in [3.63, 3.8) is 0 Å². The predicted molar refractivity (Wildman–Crippen MR) is 55.1 cm³/mol. The highest BCUT2D eigenvalue weighted by molar-refractivity contribution is 5.43. The van der Waals surface area contributed by atoms with Crippen LogP contribution in [0, 0.1) is 5.92 Å². The normalized spacial score (nSPS) is 31.8. The quantitative estimate of drug-likeness (QED) is 0.773. The Morgan fingerprint density at radius 2 is 1.81 bits per heavy atom. The van der Waals surface area contributed by atoms with E-state index in [1.54, 1.807) is 12.1 Å². The van der Waals surface area contributed by atoms with Crippen LogP contribution in [0.15, 0.2) is 24.3 Å². The summed E-state index contributed by atoms with van der Waals surface area (Å²) in [5, 5.41) is 19.8. The summed E-state index contributed by atoms with van der Waals surface area (Å²) in [6.45, 7) is 3.03. The minimum Gasteiger partial charge on any atom is -0.382 e. The molecule has 1 aliphatic rings. The van der Waals surface area contributed by atoms with Crippen molar-refractivity contribution in [2.24, 2.45) is 5.92 Å². The largest absolute Gasteiger partial charge is 0.382 e. The van der Waals surface area contributed by atoms with Crippen molar-refractivity contribution < 1.29 is 19.0 Å². The van der Waals surface area contributed by atoms with E-state index in [1.807, 2.05) is 0 Å². The third-order valence-corrected chi connectivity index (χ3v) is 3.35. The topological polar surface area (TPSA) is 40.5 Å². The van der Waals surface area contributed by atoms with E-state index in [9.17, 15) is 19.0 Å². The zero-order valence-electron chi connectivity index (χ0n) is 9.11. The first-order valence-electron chi connectivity index (χ1n) is 5.21. The van der Waals surface area contributed by atoms with E-state index >= 15 is 0 Å². The molecule has 0 saturated carbocycles. The molecule has 2 rings (SSSR count). The lowest BCUT2D eigenvalue weighted by atomic mass is 9.82. The molecule has 2 atom stereocenters. The molecule has 0 bridgehead atoms. The van der Waals surface area contributed by atoms with Crippen molar-refractivity contribution >= 4 is 0 Å². The third-order valence-electron chi connectivity index (χ3n) is 3.35. The van der Waals surface area contributed by atoms with Crippen molar-refractivity contribution in [3.05, 3.63) is 35.4 Å². The van der Waals surface area contributed by atoms with E-state index in [4.69, 9.17) is 0 Å². The minimum atomic E-state index is -3.55. The van der Waals surface area contributed by atoms with Gasteiger partial charge in [0.25, 0.3) is 0 Å². The Kier molecular flexibility index (Phi) is 2.33. The fourth-order valence-corrected chi connectivity index (χ4v) is 2.36. The summed E-state index contributed by atoms with van der Waals surface area (Å²) in [7, 11) is 0. The number of hydrogen-bond acceptors (Lipinski definition) is 2. The summed E-state index contributed by atoms with van der Waals surface area (Å²) in [5.41, 5.74) is -2.05. The number of hydrogen-bond donors (Lipinski definition) is 2. The Bertz CT molecular complexity index is 417. The highest BCUT2D eigenvalue weighted by Gasteiger charge is 2.66. The molecule has 1 aliphatic carbocycles. The van der Waals surface area contributed by atoms with Crippen LogP contribution in [0.2, 0.25) is 0 Å². The van der Waals surface area contributed by atoms with Crippen LogP contribution in [0.3, 0.4) is 0 Å². The first-order valence-corrected chi connectivity index (χ1v) is 5.21. The molecule has 1 aromatic rings. The molecule has 0 spiro atoms. The number of rotatable bonds is 1. The number of aliphatic hydroxyl groups is 2. The Morgan fingerprint density at radius 3 is 2.38 bits per heavy atom. The molecule has 0 radical (unpaired) electrons. The number of alkyl halides is 2. The van der Waals surface area contributed by atoms with Gasteiger partial charge in [0.2, 0.25) is 0 Å². The van der Waals surface area contributed by atoms with Gasteiger partial charge in [-0.1, -0.05) is 38.1 Å². The van der Waals surface area contributed by atoms with Crippen LogP contribution >= 0.6 is 0 Å². The van der Waals surface area contributed by atoms with Crippen molar-refractivity contribution in [1.82, 2.24) is 0 Å². The summed E-state index contributed by atoms with van der Waals surface area (Å²) in [4.78, 5) is 0. The summed E-state index contributed by atoms with van der Waals surface area (Å²) in [6, 6.07) is 6.03. The lowest BCUT2D eigenvalue weighted by molar-refractivity contribution is -0.240. The Morgan fingerprint density at radius 1 is 1.25 bits per heavy atom. The molecular formula is C12H14F2O2. The van der Waals surface area contributed by atoms with Gasteiger partial charge in [0.05, 0.1) is 0 Å². The second kappa shape index (κ2) is 3.25. The van der Waals surface area contributed by atoms with Gasteiger partial charge in [-0.3, -0.25) is 0 Å². The van der Waals surface area contributed by atoms with Gasteiger partial charge in [-0.15, -0.1) is 0 Å². The number of fused-ring (bicyclic) bond motifs is 1. The van der Waals surface area contributed by atoms with Gasteiger partial charge in [0.1, 0.15) is 6.10 Å². The fourth-order valence-electron chi connectivity index (χ4n) is 2.36. The van der Waals surface area contributed by atoms with E-state index in [0.717, 1.165) is 0 Å². The van der Waals surface area contributed by atoms with Crippen molar-refractivity contribution in [3.8, 4) is 0 Å². The van der Waals surface area contributed by atoms with E-state index in [0.29, 0.717) is 0 Å².